The lowest BCUT2D eigenvalue weighted by molar-refractivity contribution is -0.126. The number of halogens is 1. The van der Waals surface area contributed by atoms with Gasteiger partial charge < -0.3 is 15.8 Å². The minimum atomic E-state index is -0.575. The lowest BCUT2D eigenvalue weighted by Crippen LogP contribution is -2.34. The van der Waals surface area contributed by atoms with Crippen LogP contribution in [0.1, 0.15) is 12.5 Å². The summed E-state index contributed by atoms with van der Waals surface area (Å²) in [6, 6.07) is 5.24. The molecule has 0 heterocycles. The second-order valence-electron chi connectivity index (χ2n) is 3.29. The molecule has 0 bridgehead atoms. The van der Waals surface area contributed by atoms with Gasteiger partial charge in [-0.1, -0.05) is 17.7 Å². The Hall–Kier alpha value is -1.26. The second-order valence-corrected chi connectivity index (χ2v) is 3.70. The molecule has 16 heavy (non-hydrogen) atoms. The first-order valence-corrected chi connectivity index (χ1v) is 5.33. The Morgan fingerprint density at radius 3 is 2.88 bits per heavy atom. The van der Waals surface area contributed by atoms with Crippen LogP contribution in [-0.4, -0.2) is 19.1 Å². The average Bonchev–Trinajstić information content (AvgIpc) is 2.28. The molecule has 0 radical (unpaired) electrons. The molecule has 0 fully saturated rings. The van der Waals surface area contributed by atoms with Crippen LogP contribution in [0.25, 0.3) is 0 Å². The maximum atomic E-state index is 11.3. The molecule has 3 N–H and O–H groups in total. The van der Waals surface area contributed by atoms with Gasteiger partial charge >= 0.3 is 0 Å². The predicted octanol–water partition coefficient (Wildman–Crippen LogP) is 1.31. The molecule has 5 heteroatoms. The van der Waals surface area contributed by atoms with Crippen molar-refractivity contribution in [1.82, 2.24) is 5.32 Å². The van der Waals surface area contributed by atoms with Crippen molar-refractivity contribution in [3.8, 4) is 5.75 Å². The third kappa shape index (κ3) is 2.87. The highest BCUT2D eigenvalue weighted by molar-refractivity contribution is 6.31. The number of hydrogen-bond acceptors (Lipinski definition) is 3. The molecule has 1 aromatic rings. The highest BCUT2D eigenvalue weighted by Crippen LogP contribution is 2.26. The molecule has 0 aromatic heterocycles. The van der Waals surface area contributed by atoms with Gasteiger partial charge in [-0.05, 0) is 19.1 Å². The molecule has 1 aromatic carbocycles. The molecule has 1 atom stereocenters. The summed E-state index contributed by atoms with van der Waals surface area (Å²) in [5.41, 5.74) is 6.28. The fourth-order valence-electron chi connectivity index (χ4n) is 1.29. The smallest absolute Gasteiger partial charge is 0.260 e. The topological polar surface area (TPSA) is 64.3 Å². The summed E-state index contributed by atoms with van der Waals surface area (Å²) < 4.78 is 5.49. The van der Waals surface area contributed by atoms with Gasteiger partial charge in [-0.25, -0.2) is 0 Å². The molecule has 0 aliphatic heterocycles. The van der Waals surface area contributed by atoms with Crippen molar-refractivity contribution in [1.29, 1.82) is 0 Å². The van der Waals surface area contributed by atoms with Crippen LogP contribution < -0.4 is 15.8 Å². The average molecular weight is 243 g/mol. The molecule has 0 saturated heterocycles. The number of hydrogen-bond donors (Lipinski definition) is 2. The minimum absolute atomic E-state index is 0.192. The van der Waals surface area contributed by atoms with E-state index in [1.807, 2.05) is 0 Å². The number of rotatable bonds is 4. The van der Waals surface area contributed by atoms with Crippen LogP contribution in [0, 0.1) is 0 Å². The molecular formula is C11H15ClN2O2. The Morgan fingerprint density at radius 1 is 1.62 bits per heavy atom. The van der Waals surface area contributed by atoms with Crippen molar-refractivity contribution >= 4 is 17.5 Å². The number of nitrogens with two attached hydrogens (primary N) is 1. The molecular weight excluding hydrogens is 228 g/mol. The number of amides is 1. The Balaban J connectivity index is 2.88. The maximum Gasteiger partial charge on any atom is 0.260 e. The maximum absolute atomic E-state index is 11.3. The van der Waals surface area contributed by atoms with Gasteiger partial charge in [0.1, 0.15) is 5.75 Å². The number of carbonyl (C=O) groups excluding carboxylic acids is 1. The van der Waals surface area contributed by atoms with Gasteiger partial charge in [-0.15, -0.1) is 0 Å². The van der Waals surface area contributed by atoms with Crippen LogP contribution in [-0.2, 0) is 11.3 Å². The van der Waals surface area contributed by atoms with Crippen LogP contribution in [0.2, 0.25) is 5.02 Å². The highest BCUT2D eigenvalue weighted by Gasteiger charge is 2.15. The first kappa shape index (κ1) is 12.8. The van der Waals surface area contributed by atoms with Crippen molar-refractivity contribution in [2.24, 2.45) is 5.73 Å². The third-order valence-electron chi connectivity index (χ3n) is 2.20. The van der Waals surface area contributed by atoms with Gasteiger partial charge in [0.05, 0.1) is 0 Å². The van der Waals surface area contributed by atoms with Crippen LogP contribution in [0.5, 0.6) is 5.75 Å². The molecule has 1 amide bonds. The summed E-state index contributed by atoms with van der Waals surface area (Å²) >= 11 is 5.97. The lowest BCUT2D eigenvalue weighted by atomic mass is 10.2. The monoisotopic (exact) mass is 242 g/mol. The van der Waals surface area contributed by atoms with E-state index in [2.05, 4.69) is 5.32 Å². The summed E-state index contributed by atoms with van der Waals surface area (Å²) in [5.74, 6) is 0.356. The van der Waals surface area contributed by atoms with Gasteiger partial charge in [0.25, 0.3) is 5.91 Å². The summed E-state index contributed by atoms with van der Waals surface area (Å²) in [5, 5.41) is 3.05. The quantitative estimate of drug-likeness (QED) is 0.837. The van der Waals surface area contributed by atoms with Gasteiger partial charge in [0.15, 0.2) is 6.10 Å². The van der Waals surface area contributed by atoms with Crippen LogP contribution in [0.4, 0.5) is 0 Å². The number of likely N-dealkylation sites (N-methyl/N-ethyl adjacent to an activating group) is 1. The van der Waals surface area contributed by atoms with E-state index in [-0.39, 0.29) is 12.5 Å². The van der Waals surface area contributed by atoms with E-state index in [1.54, 1.807) is 32.2 Å². The summed E-state index contributed by atoms with van der Waals surface area (Å²) in [7, 11) is 1.56. The van der Waals surface area contributed by atoms with E-state index in [0.717, 1.165) is 0 Å². The van der Waals surface area contributed by atoms with Gasteiger partial charge in [0.2, 0.25) is 0 Å². The second kappa shape index (κ2) is 5.72. The zero-order valence-corrected chi connectivity index (χ0v) is 10.0. The Morgan fingerprint density at radius 2 is 2.31 bits per heavy atom. The predicted molar refractivity (Wildman–Crippen MR) is 63.5 cm³/mol. The molecule has 0 spiro atoms. The number of carbonyl (C=O) groups is 1. The van der Waals surface area contributed by atoms with E-state index in [9.17, 15) is 4.79 Å². The lowest BCUT2D eigenvalue weighted by Gasteiger charge is -2.16. The van der Waals surface area contributed by atoms with Gasteiger partial charge in [-0.3, -0.25) is 4.79 Å². The van der Waals surface area contributed by atoms with Crippen molar-refractivity contribution in [2.45, 2.75) is 19.6 Å². The normalized spacial score (nSPS) is 12.0. The number of ether oxygens (including phenoxy) is 1. The third-order valence-corrected chi connectivity index (χ3v) is 2.55. The van der Waals surface area contributed by atoms with Crippen molar-refractivity contribution < 1.29 is 9.53 Å². The summed E-state index contributed by atoms with van der Waals surface area (Å²) in [6.45, 7) is 1.94. The largest absolute Gasteiger partial charge is 0.481 e. The molecule has 0 aliphatic carbocycles. The molecule has 1 rings (SSSR count). The summed E-state index contributed by atoms with van der Waals surface area (Å²) in [6.07, 6.45) is -0.575. The van der Waals surface area contributed by atoms with Crippen molar-refractivity contribution in [3.63, 3.8) is 0 Å². The summed E-state index contributed by atoms with van der Waals surface area (Å²) in [4.78, 5) is 11.3. The fourth-order valence-corrected chi connectivity index (χ4v) is 1.54. The van der Waals surface area contributed by atoms with Crippen LogP contribution >= 0.6 is 11.6 Å². The van der Waals surface area contributed by atoms with Crippen molar-refractivity contribution in [2.75, 3.05) is 7.05 Å². The van der Waals surface area contributed by atoms with E-state index < -0.39 is 6.10 Å². The number of nitrogens with one attached hydrogen (secondary N) is 1. The Kier molecular flexibility index (Phi) is 4.58. The zero-order chi connectivity index (χ0) is 12.1. The molecule has 4 nitrogen and oxygen atoms in total. The molecule has 0 aliphatic rings. The van der Waals surface area contributed by atoms with Crippen LogP contribution in [0.15, 0.2) is 18.2 Å². The standard InChI is InChI=1S/C11H15ClN2O2/c1-7(11(15)14-2)16-10-5-3-4-9(12)8(10)6-13/h3-5,7H,6,13H2,1-2H3,(H,14,15). The molecule has 1 unspecified atom stereocenters. The highest BCUT2D eigenvalue weighted by atomic mass is 35.5. The van der Waals surface area contributed by atoms with Gasteiger partial charge in [0, 0.05) is 24.2 Å². The Bertz CT molecular complexity index is 382. The van der Waals surface area contributed by atoms with Crippen molar-refractivity contribution in [3.05, 3.63) is 28.8 Å². The first-order chi connectivity index (χ1) is 7.60. The SMILES string of the molecule is CNC(=O)C(C)Oc1cccc(Cl)c1CN. The molecule has 88 valence electrons. The van der Waals surface area contributed by atoms with E-state index in [1.165, 1.54) is 0 Å². The minimum Gasteiger partial charge on any atom is -0.481 e. The van der Waals surface area contributed by atoms with Crippen LogP contribution in [0.3, 0.4) is 0 Å². The van der Waals surface area contributed by atoms with E-state index >= 15 is 0 Å². The van der Waals surface area contributed by atoms with Gasteiger partial charge in [-0.2, -0.15) is 0 Å². The molecule has 0 saturated carbocycles. The first-order valence-electron chi connectivity index (χ1n) is 4.95. The Labute approximate surface area is 99.7 Å². The van der Waals surface area contributed by atoms with E-state index in [4.69, 9.17) is 22.1 Å². The number of benzene rings is 1. The van der Waals surface area contributed by atoms with E-state index in [0.29, 0.717) is 16.3 Å². The zero-order valence-electron chi connectivity index (χ0n) is 9.29. The fraction of sp³-hybridized carbons (Fsp3) is 0.364.